The minimum atomic E-state index is -0.420. The predicted molar refractivity (Wildman–Crippen MR) is 80.2 cm³/mol. The third kappa shape index (κ3) is 3.26. The number of nitrogens with zero attached hydrogens (tertiary/aromatic N) is 2. The maximum absolute atomic E-state index is 12.9. The fourth-order valence-electron chi connectivity index (χ4n) is 1.87. The summed E-state index contributed by atoms with van der Waals surface area (Å²) in [6, 6.07) is 11.7. The molecule has 0 saturated heterocycles. The van der Waals surface area contributed by atoms with Crippen LogP contribution in [0.4, 0.5) is 4.39 Å². The smallest absolute Gasteiger partial charge is 0.264 e. The van der Waals surface area contributed by atoms with E-state index in [-0.39, 0.29) is 11.6 Å². The molecule has 2 aromatic carbocycles. The highest BCUT2D eigenvalue weighted by atomic mass is 35.5. The normalized spacial score (nSPS) is 10.7. The van der Waals surface area contributed by atoms with Crippen molar-refractivity contribution in [3.63, 3.8) is 0 Å². The van der Waals surface area contributed by atoms with Gasteiger partial charge in [0, 0.05) is 5.56 Å². The lowest BCUT2D eigenvalue weighted by Crippen LogP contribution is -1.96. The van der Waals surface area contributed by atoms with Gasteiger partial charge in [0.1, 0.15) is 11.6 Å². The lowest BCUT2D eigenvalue weighted by molar-refractivity contribution is 0.243. The summed E-state index contributed by atoms with van der Waals surface area (Å²) in [5.74, 6) is 0.745. The quantitative estimate of drug-likeness (QED) is 0.714. The van der Waals surface area contributed by atoms with Crippen molar-refractivity contribution in [3.8, 4) is 17.1 Å². The molecule has 22 heavy (non-hydrogen) atoms. The summed E-state index contributed by atoms with van der Waals surface area (Å²) in [4.78, 5) is 4.25. The molecule has 1 heterocycles. The van der Waals surface area contributed by atoms with Crippen LogP contribution in [0.3, 0.4) is 0 Å². The lowest BCUT2D eigenvalue weighted by atomic mass is 10.1. The Balaban J connectivity index is 1.70. The number of hydrogen-bond acceptors (Lipinski definition) is 4. The van der Waals surface area contributed by atoms with Gasteiger partial charge in [-0.1, -0.05) is 46.6 Å². The predicted octanol–water partition coefficient (Wildman–Crippen LogP) is 4.42. The van der Waals surface area contributed by atoms with E-state index in [1.165, 1.54) is 18.2 Å². The molecule has 0 fully saturated rings. The molecule has 0 saturated carbocycles. The number of ether oxygens (including phenoxy) is 1. The van der Waals surface area contributed by atoms with Gasteiger partial charge in [-0.2, -0.15) is 4.98 Å². The van der Waals surface area contributed by atoms with Crippen molar-refractivity contribution in [3.05, 3.63) is 64.8 Å². The van der Waals surface area contributed by atoms with Crippen molar-refractivity contribution in [2.45, 2.75) is 13.5 Å². The van der Waals surface area contributed by atoms with E-state index in [1.54, 1.807) is 0 Å². The average Bonchev–Trinajstić information content (AvgIpc) is 2.96. The molecule has 0 bridgehead atoms. The fraction of sp³-hybridized carbons (Fsp3) is 0.125. The molecule has 6 heteroatoms. The summed E-state index contributed by atoms with van der Waals surface area (Å²) in [5.41, 5.74) is 2.02. The standard InChI is InChI=1S/C16H12ClFN2O2/c1-10-2-4-11(5-3-10)16-19-15(22-20-16)9-21-14-7-6-12(18)8-13(14)17/h2-8H,9H2,1H3. The zero-order valence-corrected chi connectivity index (χ0v) is 12.5. The third-order valence-corrected chi connectivity index (χ3v) is 3.32. The maximum Gasteiger partial charge on any atom is 0.264 e. The highest BCUT2D eigenvalue weighted by molar-refractivity contribution is 6.32. The number of benzene rings is 2. The van der Waals surface area contributed by atoms with Crippen LogP contribution in [-0.4, -0.2) is 10.1 Å². The third-order valence-electron chi connectivity index (χ3n) is 3.02. The fourth-order valence-corrected chi connectivity index (χ4v) is 2.09. The highest BCUT2D eigenvalue weighted by Crippen LogP contribution is 2.25. The Labute approximate surface area is 131 Å². The molecule has 0 N–H and O–H groups in total. The van der Waals surface area contributed by atoms with Gasteiger partial charge >= 0.3 is 0 Å². The van der Waals surface area contributed by atoms with Gasteiger partial charge in [0.25, 0.3) is 5.89 Å². The second-order valence-corrected chi connectivity index (χ2v) is 5.15. The summed E-state index contributed by atoms with van der Waals surface area (Å²) in [6.45, 7) is 2.07. The Hall–Kier alpha value is -2.40. The van der Waals surface area contributed by atoms with Crippen molar-refractivity contribution < 1.29 is 13.7 Å². The monoisotopic (exact) mass is 318 g/mol. The first-order chi connectivity index (χ1) is 10.6. The van der Waals surface area contributed by atoms with E-state index < -0.39 is 5.82 Å². The largest absolute Gasteiger partial charge is 0.482 e. The van der Waals surface area contributed by atoms with E-state index in [9.17, 15) is 4.39 Å². The van der Waals surface area contributed by atoms with Crippen LogP contribution in [0.2, 0.25) is 5.02 Å². The zero-order chi connectivity index (χ0) is 15.5. The molecule has 0 aliphatic rings. The topological polar surface area (TPSA) is 48.2 Å². The molecule has 4 nitrogen and oxygen atoms in total. The molecule has 0 aliphatic carbocycles. The maximum atomic E-state index is 12.9. The first-order valence-corrected chi connectivity index (χ1v) is 6.97. The summed E-state index contributed by atoms with van der Waals surface area (Å²) in [7, 11) is 0. The van der Waals surface area contributed by atoms with Gasteiger partial charge < -0.3 is 9.26 Å². The number of aryl methyl sites for hydroxylation is 1. The van der Waals surface area contributed by atoms with Crippen molar-refractivity contribution in [1.29, 1.82) is 0 Å². The molecule has 0 aliphatic heterocycles. The van der Waals surface area contributed by atoms with Crippen LogP contribution in [-0.2, 0) is 6.61 Å². The molecule has 0 atom stereocenters. The summed E-state index contributed by atoms with van der Waals surface area (Å²) in [5, 5.41) is 4.10. The number of aromatic nitrogens is 2. The Morgan fingerprint density at radius 3 is 2.68 bits per heavy atom. The summed E-state index contributed by atoms with van der Waals surface area (Å²) < 4.78 is 23.5. The van der Waals surface area contributed by atoms with Crippen molar-refractivity contribution in [2.24, 2.45) is 0 Å². The molecule has 0 unspecified atom stereocenters. The zero-order valence-electron chi connectivity index (χ0n) is 11.7. The Morgan fingerprint density at radius 1 is 1.18 bits per heavy atom. The van der Waals surface area contributed by atoms with Crippen LogP contribution >= 0.6 is 11.6 Å². The minimum Gasteiger partial charge on any atom is -0.482 e. The van der Waals surface area contributed by atoms with Gasteiger partial charge in [-0.15, -0.1) is 0 Å². The van der Waals surface area contributed by atoms with Crippen LogP contribution in [0.15, 0.2) is 47.0 Å². The van der Waals surface area contributed by atoms with E-state index in [0.29, 0.717) is 17.5 Å². The molecular formula is C16H12ClFN2O2. The lowest BCUT2D eigenvalue weighted by Gasteiger charge is -2.04. The van der Waals surface area contributed by atoms with Crippen LogP contribution in [0, 0.1) is 12.7 Å². The van der Waals surface area contributed by atoms with Crippen molar-refractivity contribution in [1.82, 2.24) is 10.1 Å². The Bertz CT molecular complexity index is 787. The molecule has 3 aromatic rings. The molecule has 0 amide bonds. The van der Waals surface area contributed by atoms with E-state index >= 15 is 0 Å². The van der Waals surface area contributed by atoms with Gasteiger partial charge in [-0.25, -0.2) is 4.39 Å². The van der Waals surface area contributed by atoms with E-state index in [1.807, 2.05) is 31.2 Å². The van der Waals surface area contributed by atoms with Crippen LogP contribution in [0.5, 0.6) is 5.75 Å². The number of halogens is 2. The van der Waals surface area contributed by atoms with E-state index in [4.69, 9.17) is 20.9 Å². The first kappa shape index (κ1) is 14.5. The molecule has 0 spiro atoms. The summed E-state index contributed by atoms with van der Waals surface area (Å²) >= 11 is 5.88. The Kier molecular flexibility index (Phi) is 4.06. The van der Waals surface area contributed by atoms with Crippen molar-refractivity contribution in [2.75, 3.05) is 0 Å². The van der Waals surface area contributed by atoms with Gasteiger partial charge in [-0.05, 0) is 25.1 Å². The molecule has 112 valence electrons. The SMILES string of the molecule is Cc1ccc(-c2noc(COc3ccc(F)cc3Cl)n2)cc1. The molecule has 0 radical (unpaired) electrons. The minimum absolute atomic E-state index is 0.0597. The first-order valence-electron chi connectivity index (χ1n) is 6.59. The van der Waals surface area contributed by atoms with Crippen LogP contribution in [0.25, 0.3) is 11.4 Å². The number of rotatable bonds is 4. The number of hydrogen-bond donors (Lipinski definition) is 0. The second kappa shape index (κ2) is 6.15. The van der Waals surface area contributed by atoms with Gasteiger partial charge in [0.15, 0.2) is 6.61 Å². The molecule has 3 rings (SSSR count). The van der Waals surface area contributed by atoms with E-state index in [0.717, 1.165) is 11.1 Å². The molecule has 1 aromatic heterocycles. The summed E-state index contributed by atoms with van der Waals surface area (Å²) in [6.07, 6.45) is 0. The van der Waals surface area contributed by atoms with Crippen LogP contribution < -0.4 is 4.74 Å². The van der Waals surface area contributed by atoms with E-state index in [2.05, 4.69) is 10.1 Å². The second-order valence-electron chi connectivity index (χ2n) is 4.74. The highest BCUT2D eigenvalue weighted by Gasteiger charge is 2.10. The van der Waals surface area contributed by atoms with Crippen LogP contribution in [0.1, 0.15) is 11.5 Å². The van der Waals surface area contributed by atoms with Gasteiger partial charge in [0.05, 0.1) is 5.02 Å². The van der Waals surface area contributed by atoms with Gasteiger partial charge in [-0.3, -0.25) is 0 Å². The van der Waals surface area contributed by atoms with Crippen molar-refractivity contribution >= 4 is 11.6 Å². The average molecular weight is 319 g/mol. The Morgan fingerprint density at radius 2 is 1.95 bits per heavy atom. The molecular weight excluding hydrogens is 307 g/mol. The van der Waals surface area contributed by atoms with Gasteiger partial charge in [0.2, 0.25) is 5.82 Å².